The van der Waals surface area contributed by atoms with Crippen LogP contribution in [0.15, 0.2) is 47.6 Å². The molecule has 0 bridgehead atoms. The van der Waals surface area contributed by atoms with E-state index in [1.165, 1.54) is 19.2 Å². The number of benzene rings is 1. The molecule has 23 heavy (non-hydrogen) atoms. The zero-order valence-corrected chi connectivity index (χ0v) is 13.6. The van der Waals surface area contributed by atoms with Crippen LogP contribution in [0, 0.1) is 17.1 Å². The first kappa shape index (κ1) is 17.1. The summed E-state index contributed by atoms with van der Waals surface area (Å²) in [6.07, 6.45) is 3.69. The smallest absolute Gasteiger partial charge is 0.244 e. The van der Waals surface area contributed by atoms with Crippen LogP contribution in [0.1, 0.15) is 30.5 Å². The molecule has 2 aromatic rings. The van der Waals surface area contributed by atoms with Gasteiger partial charge in [0.1, 0.15) is 22.3 Å². The monoisotopic (exact) mass is 333 g/mol. The quantitative estimate of drug-likeness (QED) is 0.843. The Kier molecular flexibility index (Phi) is 5.08. The third-order valence-electron chi connectivity index (χ3n) is 3.66. The summed E-state index contributed by atoms with van der Waals surface area (Å²) in [7, 11) is -2.59. The second kappa shape index (κ2) is 6.86. The molecule has 2 rings (SSSR count). The van der Waals surface area contributed by atoms with Gasteiger partial charge in [-0.1, -0.05) is 13.0 Å². The standard InChI is InChI=1S/C16H16FN3O2S/c1-3-15(12-7-9-19-10-8-12)20(2)23(21,22)16-6-4-5-14(17)13(16)11-18/h4-10,15H,3H2,1-2H3/t15-/m1/s1. The molecule has 0 fully saturated rings. The van der Waals surface area contributed by atoms with E-state index in [-0.39, 0.29) is 4.90 Å². The van der Waals surface area contributed by atoms with E-state index >= 15 is 0 Å². The van der Waals surface area contributed by atoms with Crippen molar-refractivity contribution in [3.63, 3.8) is 0 Å². The molecule has 0 amide bonds. The minimum Gasteiger partial charge on any atom is -0.265 e. The van der Waals surface area contributed by atoms with Gasteiger partial charge in [0.05, 0.1) is 0 Å². The normalized spacial score (nSPS) is 12.8. The molecule has 1 aromatic heterocycles. The minimum atomic E-state index is -4.01. The highest BCUT2D eigenvalue weighted by atomic mass is 32.2. The van der Waals surface area contributed by atoms with E-state index in [2.05, 4.69) is 4.98 Å². The van der Waals surface area contributed by atoms with Crippen LogP contribution in [0.3, 0.4) is 0 Å². The van der Waals surface area contributed by atoms with Crippen molar-refractivity contribution in [3.05, 3.63) is 59.7 Å². The first-order valence-electron chi connectivity index (χ1n) is 7.00. The van der Waals surface area contributed by atoms with Gasteiger partial charge in [-0.15, -0.1) is 0 Å². The van der Waals surface area contributed by atoms with Gasteiger partial charge in [0.2, 0.25) is 10.0 Å². The van der Waals surface area contributed by atoms with Gasteiger partial charge >= 0.3 is 0 Å². The van der Waals surface area contributed by atoms with Gasteiger partial charge in [-0.2, -0.15) is 9.57 Å². The maximum Gasteiger partial charge on any atom is 0.244 e. The van der Waals surface area contributed by atoms with Crippen LogP contribution >= 0.6 is 0 Å². The predicted molar refractivity (Wildman–Crippen MR) is 83.3 cm³/mol. The fourth-order valence-electron chi connectivity index (χ4n) is 2.44. The molecule has 5 nitrogen and oxygen atoms in total. The molecule has 1 heterocycles. The van der Waals surface area contributed by atoms with Crippen LogP contribution in [0.4, 0.5) is 4.39 Å². The number of nitriles is 1. The van der Waals surface area contributed by atoms with Crippen molar-refractivity contribution >= 4 is 10.0 Å². The number of aromatic nitrogens is 1. The second-order valence-electron chi connectivity index (χ2n) is 4.95. The van der Waals surface area contributed by atoms with E-state index in [9.17, 15) is 12.8 Å². The molecular formula is C16H16FN3O2S. The lowest BCUT2D eigenvalue weighted by Crippen LogP contribution is -2.31. The van der Waals surface area contributed by atoms with Crippen LogP contribution in [0.5, 0.6) is 0 Å². The van der Waals surface area contributed by atoms with Crippen LogP contribution in [-0.2, 0) is 10.0 Å². The highest BCUT2D eigenvalue weighted by Crippen LogP contribution is 2.30. The molecule has 120 valence electrons. The summed E-state index contributed by atoms with van der Waals surface area (Å²) in [5.41, 5.74) is 0.312. The first-order valence-corrected chi connectivity index (χ1v) is 8.44. The van der Waals surface area contributed by atoms with Crippen molar-refractivity contribution in [2.24, 2.45) is 0 Å². The molecule has 7 heteroatoms. The average Bonchev–Trinajstić information content (AvgIpc) is 2.56. The van der Waals surface area contributed by atoms with Gasteiger partial charge in [-0.05, 0) is 36.2 Å². The Balaban J connectivity index is 2.51. The topological polar surface area (TPSA) is 74.1 Å². The lowest BCUT2D eigenvalue weighted by molar-refractivity contribution is 0.366. The summed E-state index contributed by atoms with van der Waals surface area (Å²) < 4.78 is 40.6. The molecule has 0 aliphatic carbocycles. The Morgan fingerprint density at radius 3 is 2.52 bits per heavy atom. The van der Waals surface area contributed by atoms with Crippen LogP contribution in [-0.4, -0.2) is 24.8 Å². The van der Waals surface area contributed by atoms with Crippen molar-refractivity contribution < 1.29 is 12.8 Å². The largest absolute Gasteiger partial charge is 0.265 e. The molecule has 0 aliphatic rings. The van der Waals surface area contributed by atoms with Gasteiger partial charge < -0.3 is 0 Å². The van der Waals surface area contributed by atoms with Gasteiger partial charge in [-0.25, -0.2) is 12.8 Å². The van der Waals surface area contributed by atoms with E-state index in [1.54, 1.807) is 30.6 Å². The van der Waals surface area contributed by atoms with E-state index < -0.39 is 27.4 Å². The molecule has 0 saturated heterocycles. The molecule has 0 unspecified atom stereocenters. The molecule has 1 atom stereocenters. The summed E-state index contributed by atoms with van der Waals surface area (Å²) in [6.45, 7) is 1.86. The summed E-state index contributed by atoms with van der Waals surface area (Å²) in [6, 6.07) is 8.26. The Labute approximate surface area is 135 Å². The fraction of sp³-hybridized carbons (Fsp3) is 0.250. The predicted octanol–water partition coefficient (Wildman–Crippen LogP) is 2.86. The highest BCUT2D eigenvalue weighted by molar-refractivity contribution is 7.89. The Morgan fingerprint density at radius 2 is 1.96 bits per heavy atom. The maximum atomic E-state index is 13.7. The molecule has 0 radical (unpaired) electrons. The van der Waals surface area contributed by atoms with Crippen molar-refractivity contribution in [3.8, 4) is 6.07 Å². The molecule has 1 aromatic carbocycles. The number of sulfonamides is 1. The summed E-state index contributed by atoms with van der Waals surface area (Å²) in [5, 5.41) is 9.08. The lowest BCUT2D eigenvalue weighted by Gasteiger charge is -2.27. The second-order valence-corrected chi connectivity index (χ2v) is 6.92. The zero-order valence-electron chi connectivity index (χ0n) is 12.8. The van der Waals surface area contributed by atoms with Crippen LogP contribution in [0.25, 0.3) is 0 Å². The third-order valence-corrected chi connectivity index (χ3v) is 5.57. The molecule has 0 saturated carbocycles. The third kappa shape index (κ3) is 3.23. The van der Waals surface area contributed by atoms with Crippen molar-refractivity contribution in [1.29, 1.82) is 5.26 Å². The van der Waals surface area contributed by atoms with Crippen molar-refractivity contribution in [2.45, 2.75) is 24.3 Å². The first-order chi connectivity index (χ1) is 10.9. The molecule has 0 spiro atoms. The Hall–Kier alpha value is -2.30. The summed E-state index contributed by atoms with van der Waals surface area (Å²) >= 11 is 0. The summed E-state index contributed by atoms with van der Waals surface area (Å²) in [4.78, 5) is 3.60. The number of hydrogen-bond donors (Lipinski definition) is 0. The van der Waals surface area contributed by atoms with Gasteiger partial charge in [-0.3, -0.25) is 4.98 Å². The van der Waals surface area contributed by atoms with Crippen LogP contribution in [0.2, 0.25) is 0 Å². The van der Waals surface area contributed by atoms with Crippen LogP contribution < -0.4 is 0 Å². The zero-order chi connectivity index (χ0) is 17.0. The minimum absolute atomic E-state index is 0.324. The summed E-state index contributed by atoms with van der Waals surface area (Å²) in [5.74, 6) is -0.848. The number of halogens is 1. The Bertz CT molecular complexity index is 832. The fourth-order valence-corrected chi connectivity index (χ4v) is 4.01. The average molecular weight is 333 g/mol. The number of hydrogen-bond acceptors (Lipinski definition) is 4. The Morgan fingerprint density at radius 1 is 1.30 bits per heavy atom. The van der Waals surface area contributed by atoms with Gasteiger partial charge in [0, 0.05) is 25.5 Å². The molecule has 0 N–H and O–H groups in total. The lowest BCUT2D eigenvalue weighted by atomic mass is 10.1. The SMILES string of the molecule is CC[C@H](c1ccncc1)N(C)S(=O)(=O)c1cccc(F)c1C#N. The van der Waals surface area contributed by atoms with Crippen molar-refractivity contribution in [1.82, 2.24) is 9.29 Å². The van der Waals surface area contributed by atoms with Gasteiger partial charge in [0.15, 0.2) is 0 Å². The number of rotatable bonds is 5. The van der Waals surface area contributed by atoms with E-state index in [0.29, 0.717) is 6.42 Å². The number of pyridine rings is 1. The maximum absolute atomic E-state index is 13.7. The highest BCUT2D eigenvalue weighted by Gasteiger charge is 2.31. The van der Waals surface area contributed by atoms with E-state index in [1.807, 2.05) is 6.92 Å². The number of nitrogens with zero attached hydrogens (tertiary/aromatic N) is 3. The van der Waals surface area contributed by atoms with Crippen molar-refractivity contribution in [2.75, 3.05) is 7.05 Å². The van der Waals surface area contributed by atoms with Gasteiger partial charge in [0.25, 0.3) is 0 Å². The van der Waals surface area contributed by atoms with E-state index in [4.69, 9.17) is 5.26 Å². The molecule has 0 aliphatic heterocycles. The molecular weight excluding hydrogens is 317 g/mol. The van der Waals surface area contributed by atoms with E-state index in [0.717, 1.165) is 15.9 Å².